The topological polar surface area (TPSA) is 27.1 Å². The molecule has 0 fully saturated rings. The Kier molecular flexibility index (Phi) is 7.36. The van der Waals surface area contributed by atoms with E-state index in [1.54, 1.807) is 7.11 Å². The Hall–Kier alpha value is -0.540. The summed E-state index contributed by atoms with van der Waals surface area (Å²) in [5.74, 6) is 0. The van der Waals surface area contributed by atoms with E-state index in [4.69, 9.17) is 16.3 Å². The van der Waals surface area contributed by atoms with Gasteiger partial charge in [0.2, 0.25) is 0 Å². The van der Waals surface area contributed by atoms with Crippen LogP contribution >= 0.6 is 11.6 Å². The lowest BCUT2D eigenvalue weighted by atomic mass is 10.1. The first-order valence-corrected chi connectivity index (χ1v) is 7.31. The summed E-state index contributed by atoms with van der Waals surface area (Å²) in [7, 11) is 1.72. The molecule has 0 aliphatic rings. The van der Waals surface area contributed by atoms with Crippen LogP contribution in [0.5, 0.6) is 0 Å². The molecule has 0 aliphatic carbocycles. The largest absolute Gasteiger partial charge is 0.385 e. The minimum atomic E-state index is 0.158. The monoisotopic (exact) mass is 272 g/mol. The molecule has 0 radical (unpaired) electrons. The van der Waals surface area contributed by atoms with Crippen molar-refractivity contribution in [3.8, 4) is 0 Å². The van der Waals surface area contributed by atoms with Gasteiger partial charge in [-0.25, -0.2) is 0 Å². The number of ether oxygens (including phenoxy) is 1. The molecule has 0 N–H and O–H groups in total. The summed E-state index contributed by atoms with van der Waals surface area (Å²) < 4.78 is 7.11. The van der Waals surface area contributed by atoms with E-state index < -0.39 is 0 Å². The summed E-state index contributed by atoms with van der Waals surface area (Å²) >= 11 is 6.30. The van der Waals surface area contributed by atoms with Crippen LogP contribution in [0.4, 0.5) is 0 Å². The smallest absolute Gasteiger partial charge is 0.0639 e. The third kappa shape index (κ3) is 4.99. The number of alkyl halides is 1. The van der Waals surface area contributed by atoms with E-state index in [2.05, 4.69) is 35.9 Å². The zero-order valence-electron chi connectivity index (χ0n) is 11.7. The molecule has 0 spiro atoms. The molecule has 1 aromatic rings. The van der Waals surface area contributed by atoms with Crippen molar-refractivity contribution >= 4 is 11.6 Å². The quantitative estimate of drug-likeness (QED) is 0.505. The molecule has 3 nitrogen and oxygen atoms in total. The molecule has 1 aromatic heterocycles. The summed E-state index contributed by atoms with van der Waals surface area (Å²) in [6.45, 7) is 5.18. The Morgan fingerprint density at radius 3 is 2.72 bits per heavy atom. The molecule has 1 unspecified atom stereocenters. The number of methoxy groups -OCH3 is 1. The first-order chi connectivity index (χ1) is 8.71. The molecule has 4 heteroatoms. The van der Waals surface area contributed by atoms with Crippen LogP contribution in [0.25, 0.3) is 0 Å². The number of aromatic nitrogens is 2. The standard InChI is InChI=1S/C14H25ClN2O/c1-4-14(5-2)17-9-8-13(16-17)11-12(15)7-6-10-18-3/h8-9,12,14H,4-7,10-11H2,1-3H3. The van der Waals surface area contributed by atoms with Gasteiger partial charge in [-0.15, -0.1) is 11.6 Å². The molecular formula is C14H25ClN2O. The predicted molar refractivity (Wildman–Crippen MR) is 76.3 cm³/mol. The van der Waals surface area contributed by atoms with Crippen molar-refractivity contribution in [1.29, 1.82) is 0 Å². The summed E-state index contributed by atoms with van der Waals surface area (Å²) in [4.78, 5) is 0. The van der Waals surface area contributed by atoms with E-state index in [1.165, 1.54) is 0 Å². The number of rotatable bonds is 9. The maximum Gasteiger partial charge on any atom is 0.0639 e. The minimum absolute atomic E-state index is 0.158. The van der Waals surface area contributed by atoms with Crippen molar-refractivity contribution in [2.24, 2.45) is 0 Å². The number of nitrogens with zero attached hydrogens (tertiary/aromatic N) is 2. The second kappa shape index (κ2) is 8.54. The van der Waals surface area contributed by atoms with Crippen LogP contribution < -0.4 is 0 Å². The first kappa shape index (κ1) is 15.5. The van der Waals surface area contributed by atoms with Gasteiger partial charge in [-0.3, -0.25) is 4.68 Å². The summed E-state index contributed by atoms with van der Waals surface area (Å²) in [6, 6.07) is 2.60. The lowest BCUT2D eigenvalue weighted by Gasteiger charge is -2.12. The van der Waals surface area contributed by atoms with Crippen molar-refractivity contribution in [1.82, 2.24) is 9.78 Å². The third-order valence-electron chi connectivity index (χ3n) is 3.28. The van der Waals surface area contributed by atoms with Gasteiger partial charge in [-0.1, -0.05) is 13.8 Å². The lowest BCUT2D eigenvalue weighted by Crippen LogP contribution is -2.10. The normalized spacial score (nSPS) is 13.2. The van der Waals surface area contributed by atoms with Gasteiger partial charge in [0.1, 0.15) is 0 Å². The van der Waals surface area contributed by atoms with Crippen LogP contribution in [-0.2, 0) is 11.2 Å². The maximum absolute atomic E-state index is 6.30. The fourth-order valence-electron chi connectivity index (χ4n) is 2.13. The highest BCUT2D eigenvalue weighted by Gasteiger charge is 2.11. The number of hydrogen-bond donors (Lipinski definition) is 0. The molecule has 0 saturated heterocycles. The SMILES string of the molecule is CCC(CC)n1ccc(CC(Cl)CCCOC)n1. The molecule has 1 heterocycles. The van der Waals surface area contributed by atoms with Gasteiger partial charge in [0.15, 0.2) is 0 Å². The second-order valence-electron chi connectivity index (χ2n) is 4.69. The van der Waals surface area contributed by atoms with Crippen molar-refractivity contribution < 1.29 is 4.74 Å². The van der Waals surface area contributed by atoms with Crippen molar-refractivity contribution in [3.63, 3.8) is 0 Å². The Morgan fingerprint density at radius 1 is 1.39 bits per heavy atom. The Morgan fingerprint density at radius 2 is 2.11 bits per heavy atom. The van der Waals surface area contributed by atoms with E-state index in [0.29, 0.717) is 6.04 Å². The lowest BCUT2D eigenvalue weighted by molar-refractivity contribution is 0.192. The Balaban J connectivity index is 2.43. The molecule has 18 heavy (non-hydrogen) atoms. The second-order valence-corrected chi connectivity index (χ2v) is 5.31. The molecule has 0 aromatic carbocycles. The fourth-order valence-corrected chi connectivity index (χ4v) is 2.44. The molecule has 0 aliphatic heterocycles. The van der Waals surface area contributed by atoms with Gasteiger partial charge < -0.3 is 4.74 Å². The van der Waals surface area contributed by atoms with E-state index in [-0.39, 0.29) is 5.38 Å². The van der Waals surface area contributed by atoms with Crippen LogP contribution in [0.2, 0.25) is 0 Å². The van der Waals surface area contributed by atoms with E-state index in [0.717, 1.165) is 44.4 Å². The fraction of sp³-hybridized carbons (Fsp3) is 0.786. The van der Waals surface area contributed by atoms with Crippen molar-refractivity contribution in [2.75, 3.05) is 13.7 Å². The highest BCUT2D eigenvalue weighted by Crippen LogP contribution is 2.17. The summed E-state index contributed by atoms with van der Waals surface area (Å²) in [6.07, 6.45) is 7.15. The molecular weight excluding hydrogens is 248 g/mol. The van der Waals surface area contributed by atoms with Crippen LogP contribution in [0.15, 0.2) is 12.3 Å². The predicted octanol–water partition coefficient (Wildman–Crippen LogP) is 3.82. The van der Waals surface area contributed by atoms with Crippen LogP contribution in [0.3, 0.4) is 0 Å². The first-order valence-electron chi connectivity index (χ1n) is 6.88. The Bertz CT molecular complexity index is 323. The summed E-state index contributed by atoms with van der Waals surface area (Å²) in [5, 5.41) is 4.78. The van der Waals surface area contributed by atoms with Crippen LogP contribution in [-0.4, -0.2) is 28.9 Å². The van der Waals surface area contributed by atoms with Crippen molar-refractivity contribution in [2.45, 2.75) is 57.4 Å². The zero-order valence-corrected chi connectivity index (χ0v) is 12.5. The van der Waals surface area contributed by atoms with Gasteiger partial charge in [-0.2, -0.15) is 5.10 Å². The average Bonchev–Trinajstić information content (AvgIpc) is 2.79. The molecule has 0 bridgehead atoms. The Labute approximate surface area is 115 Å². The minimum Gasteiger partial charge on any atom is -0.385 e. The molecule has 0 saturated carbocycles. The van der Waals surface area contributed by atoms with Crippen LogP contribution in [0, 0.1) is 0 Å². The van der Waals surface area contributed by atoms with E-state index in [9.17, 15) is 0 Å². The van der Waals surface area contributed by atoms with Gasteiger partial charge in [0.05, 0.1) is 11.7 Å². The van der Waals surface area contributed by atoms with E-state index >= 15 is 0 Å². The highest BCUT2D eigenvalue weighted by atomic mass is 35.5. The highest BCUT2D eigenvalue weighted by molar-refractivity contribution is 6.20. The molecule has 0 amide bonds. The summed E-state index contributed by atoms with van der Waals surface area (Å²) in [5.41, 5.74) is 1.10. The van der Waals surface area contributed by atoms with E-state index in [1.807, 2.05) is 0 Å². The number of hydrogen-bond acceptors (Lipinski definition) is 2. The van der Waals surface area contributed by atoms with Gasteiger partial charge >= 0.3 is 0 Å². The van der Waals surface area contributed by atoms with Gasteiger partial charge in [0, 0.05) is 31.7 Å². The molecule has 104 valence electrons. The maximum atomic E-state index is 6.30. The average molecular weight is 273 g/mol. The zero-order chi connectivity index (χ0) is 13.4. The van der Waals surface area contributed by atoms with Crippen molar-refractivity contribution in [3.05, 3.63) is 18.0 Å². The molecule has 1 rings (SSSR count). The van der Waals surface area contributed by atoms with Crippen LogP contribution in [0.1, 0.15) is 51.3 Å². The third-order valence-corrected chi connectivity index (χ3v) is 3.65. The van der Waals surface area contributed by atoms with Gasteiger partial charge in [-0.05, 0) is 31.7 Å². The number of halogens is 1. The molecule has 1 atom stereocenters. The van der Waals surface area contributed by atoms with Gasteiger partial charge in [0.25, 0.3) is 0 Å².